The predicted octanol–water partition coefficient (Wildman–Crippen LogP) is 1.69. The highest BCUT2D eigenvalue weighted by molar-refractivity contribution is 7.80. The van der Waals surface area contributed by atoms with Gasteiger partial charge in [-0.2, -0.15) is 0 Å². The molecule has 3 N–H and O–H groups in total. The van der Waals surface area contributed by atoms with E-state index in [0.29, 0.717) is 24.6 Å². The van der Waals surface area contributed by atoms with E-state index in [1.54, 1.807) is 6.92 Å². The quantitative estimate of drug-likeness (QED) is 0.596. The normalized spacial score (nSPS) is 9.71. The molecule has 5 heteroatoms. The standard InChI is InChI=1S/C12H16N2O2S/c1-2-16-11(15)7-8-14-10-5-3-9(4-6-10)12(13)17/h3-6,14H,2,7-8H2,1H3,(H2,13,17). The van der Waals surface area contributed by atoms with E-state index in [0.717, 1.165) is 11.3 Å². The van der Waals surface area contributed by atoms with Gasteiger partial charge < -0.3 is 15.8 Å². The highest BCUT2D eigenvalue weighted by atomic mass is 32.1. The van der Waals surface area contributed by atoms with Crippen LogP contribution < -0.4 is 11.1 Å². The van der Waals surface area contributed by atoms with Gasteiger partial charge in [0.25, 0.3) is 0 Å². The largest absolute Gasteiger partial charge is 0.466 e. The minimum Gasteiger partial charge on any atom is -0.466 e. The average Bonchev–Trinajstić information content (AvgIpc) is 2.30. The Labute approximate surface area is 106 Å². The highest BCUT2D eigenvalue weighted by Gasteiger charge is 2.01. The summed E-state index contributed by atoms with van der Waals surface area (Å²) in [5, 5.41) is 3.12. The van der Waals surface area contributed by atoms with Gasteiger partial charge in [-0.3, -0.25) is 4.79 Å². The van der Waals surface area contributed by atoms with Gasteiger partial charge in [0.1, 0.15) is 4.99 Å². The summed E-state index contributed by atoms with van der Waals surface area (Å²) in [6.07, 6.45) is 0.352. The molecule has 0 aliphatic rings. The molecule has 0 unspecified atom stereocenters. The van der Waals surface area contributed by atoms with E-state index in [1.807, 2.05) is 24.3 Å². The lowest BCUT2D eigenvalue weighted by Crippen LogP contribution is -2.12. The molecule has 0 saturated carbocycles. The molecule has 0 atom stereocenters. The van der Waals surface area contributed by atoms with Crippen LogP contribution in [0.25, 0.3) is 0 Å². The number of carbonyl (C=O) groups is 1. The number of hydrogen-bond donors (Lipinski definition) is 2. The second-order valence-electron chi connectivity index (χ2n) is 3.42. The van der Waals surface area contributed by atoms with Gasteiger partial charge in [-0.25, -0.2) is 0 Å². The van der Waals surface area contributed by atoms with Crippen molar-refractivity contribution in [2.75, 3.05) is 18.5 Å². The molecule has 92 valence electrons. The molecule has 0 spiro atoms. The van der Waals surface area contributed by atoms with Crippen LogP contribution in [-0.2, 0) is 9.53 Å². The lowest BCUT2D eigenvalue weighted by Gasteiger charge is -2.06. The van der Waals surface area contributed by atoms with Crippen molar-refractivity contribution in [2.24, 2.45) is 5.73 Å². The number of benzene rings is 1. The van der Waals surface area contributed by atoms with Gasteiger partial charge in [-0.15, -0.1) is 0 Å². The van der Waals surface area contributed by atoms with Gasteiger partial charge in [0.15, 0.2) is 0 Å². The van der Waals surface area contributed by atoms with E-state index in [1.165, 1.54) is 0 Å². The van der Waals surface area contributed by atoms with Crippen molar-refractivity contribution < 1.29 is 9.53 Å². The lowest BCUT2D eigenvalue weighted by molar-refractivity contribution is -0.142. The fraction of sp³-hybridized carbons (Fsp3) is 0.333. The molecule has 0 amide bonds. The fourth-order valence-corrected chi connectivity index (χ4v) is 1.43. The van der Waals surface area contributed by atoms with Crippen LogP contribution in [0.1, 0.15) is 18.9 Å². The first-order valence-corrected chi connectivity index (χ1v) is 5.83. The average molecular weight is 252 g/mol. The summed E-state index contributed by atoms with van der Waals surface area (Å²) >= 11 is 4.85. The first-order valence-electron chi connectivity index (χ1n) is 5.43. The number of hydrogen-bond acceptors (Lipinski definition) is 4. The van der Waals surface area contributed by atoms with Crippen molar-refractivity contribution in [2.45, 2.75) is 13.3 Å². The molecule has 0 aliphatic carbocycles. The zero-order chi connectivity index (χ0) is 12.7. The predicted molar refractivity (Wildman–Crippen MR) is 72.1 cm³/mol. The van der Waals surface area contributed by atoms with Crippen LogP contribution in [0.2, 0.25) is 0 Å². The zero-order valence-corrected chi connectivity index (χ0v) is 10.5. The molecule has 4 nitrogen and oxygen atoms in total. The SMILES string of the molecule is CCOC(=O)CCNc1ccc(C(N)=S)cc1. The van der Waals surface area contributed by atoms with Gasteiger partial charge in [-0.05, 0) is 31.2 Å². The first-order chi connectivity index (χ1) is 8.13. The molecule has 1 aromatic carbocycles. The van der Waals surface area contributed by atoms with Crippen LogP contribution in [0.3, 0.4) is 0 Å². The Morgan fingerprint density at radius 3 is 2.59 bits per heavy atom. The van der Waals surface area contributed by atoms with Crippen LogP contribution in [-0.4, -0.2) is 24.1 Å². The lowest BCUT2D eigenvalue weighted by atomic mass is 10.2. The summed E-state index contributed by atoms with van der Waals surface area (Å²) in [7, 11) is 0. The van der Waals surface area contributed by atoms with Gasteiger partial charge in [0, 0.05) is 17.8 Å². The fourth-order valence-electron chi connectivity index (χ4n) is 1.29. The third-order valence-electron chi connectivity index (χ3n) is 2.13. The molecule has 0 heterocycles. The van der Waals surface area contributed by atoms with Crippen LogP contribution in [0.4, 0.5) is 5.69 Å². The van der Waals surface area contributed by atoms with E-state index in [-0.39, 0.29) is 5.97 Å². The minimum atomic E-state index is -0.195. The van der Waals surface area contributed by atoms with Crippen molar-refractivity contribution >= 4 is 28.9 Å². The van der Waals surface area contributed by atoms with Gasteiger partial charge in [0.05, 0.1) is 13.0 Å². The van der Waals surface area contributed by atoms with Gasteiger partial charge in [0.2, 0.25) is 0 Å². The molecule has 1 rings (SSSR count). The molecule has 0 fully saturated rings. The molecule has 0 saturated heterocycles. The number of carbonyl (C=O) groups excluding carboxylic acids is 1. The Hall–Kier alpha value is -1.62. The van der Waals surface area contributed by atoms with E-state index in [9.17, 15) is 4.79 Å². The summed E-state index contributed by atoms with van der Waals surface area (Å²) in [4.78, 5) is 11.5. The molecule has 1 aromatic rings. The monoisotopic (exact) mass is 252 g/mol. The van der Waals surface area contributed by atoms with Crippen LogP contribution in [0.15, 0.2) is 24.3 Å². The summed E-state index contributed by atoms with van der Waals surface area (Å²) in [5.74, 6) is -0.195. The third kappa shape index (κ3) is 4.82. The molecule has 0 bridgehead atoms. The van der Waals surface area contributed by atoms with Crippen molar-refractivity contribution in [1.82, 2.24) is 0 Å². The summed E-state index contributed by atoms with van der Waals surface area (Å²) < 4.78 is 4.82. The van der Waals surface area contributed by atoms with Gasteiger partial charge >= 0.3 is 5.97 Å². The topological polar surface area (TPSA) is 64.3 Å². The Morgan fingerprint density at radius 2 is 2.06 bits per heavy atom. The third-order valence-corrected chi connectivity index (χ3v) is 2.37. The van der Waals surface area contributed by atoms with Crippen LogP contribution in [0.5, 0.6) is 0 Å². The van der Waals surface area contributed by atoms with Gasteiger partial charge in [-0.1, -0.05) is 12.2 Å². The molecule has 0 aromatic heterocycles. The maximum atomic E-state index is 11.1. The number of esters is 1. The number of ether oxygens (including phenoxy) is 1. The molecular weight excluding hydrogens is 236 g/mol. The Kier molecular flexibility index (Phi) is 5.42. The molecule has 17 heavy (non-hydrogen) atoms. The Morgan fingerprint density at radius 1 is 1.41 bits per heavy atom. The van der Waals surface area contributed by atoms with Crippen molar-refractivity contribution in [3.05, 3.63) is 29.8 Å². The van der Waals surface area contributed by atoms with Crippen molar-refractivity contribution in [3.63, 3.8) is 0 Å². The number of anilines is 1. The summed E-state index contributed by atoms with van der Waals surface area (Å²) in [5.41, 5.74) is 7.24. The van der Waals surface area contributed by atoms with Crippen LogP contribution in [0, 0.1) is 0 Å². The molecular formula is C12H16N2O2S. The van der Waals surface area contributed by atoms with E-state index < -0.39 is 0 Å². The maximum absolute atomic E-state index is 11.1. The maximum Gasteiger partial charge on any atom is 0.307 e. The second kappa shape index (κ2) is 6.85. The first kappa shape index (κ1) is 13.4. The van der Waals surface area contributed by atoms with E-state index >= 15 is 0 Å². The smallest absolute Gasteiger partial charge is 0.307 e. The van der Waals surface area contributed by atoms with Crippen molar-refractivity contribution in [3.8, 4) is 0 Å². The Bertz CT molecular complexity index is 390. The summed E-state index contributed by atoms with van der Waals surface area (Å²) in [6, 6.07) is 7.43. The second-order valence-corrected chi connectivity index (χ2v) is 3.86. The summed E-state index contributed by atoms with van der Waals surface area (Å²) in [6.45, 7) is 2.76. The number of rotatable bonds is 6. The van der Waals surface area contributed by atoms with Crippen molar-refractivity contribution in [1.29, 1.82) is 0 Å². The number of nitrogens with two attached hydrogens (primary N) is 1. The van der Waals surface area contributed by atoms with E-state index in [4.69, 9.17) is 22.7 Å². The number of thiocarbonyl (C=S) groups is 1. The van der Waals surface area contributed by atoms with Crippen LogP contribution >= 0.6 is 12.2 Å². The molecule has 0 radical (unpaired) electrons. The zero-order valence-electron chi connectivity index (χ0n) is 9.73. The minimum absolute atomic E-state index is 0.195. The highest BCUT2D eigenvalue weighted by Crippen LogP contribution is 2.09. The Balaban J connectivity index is 2.37. The van der Waals surface area contributed by atoms with E-state index in [2.05, 4.69) is 5.32 Å². The number of nitrogens with one attached hydrogen (secondary N) is 1. The molecule has 0 aliphatic heterocycles.